The number of rotatable bonds is 3. The average Bonchev–Trinajstić information content (AvgIpc) is 2.92. The minimum atomic E-state index is -1.27. The zero-order chi connectivity index (χ0) is 15.0. The number of para-hydroxylation sites is 1. The Bertz CT molecular complexity index is 764. The number of halogens is 2. The first-order valence-electron chi connectivity index (χ1n) is 6.45. The van der Waals surface area contributed by atoms with E-state index >= 15 is 0 Å². The molecule has 0 amide bonds. The summed E-state index contributed by atoms with van der Waals surface area (Å²) < 4.78 is 19.3. The fourth-order valence-corrected chi connectivity index (χ4v) is 3.05. The lowest BCUT2D eigenvalue weighted by atomic mass is 9.81. The summed E-state index contributed by atoms with van der Waals surface area (Å²) in [5.41, 5.74) is 1.55. The van der Waals surface area contributed by atoms with Crippen molar-refractivity contribution in [3.63, 3.8) is 0 Å². The Labute approximate surface area is 126 Å². The van der Waals surface area contributed by atoms with Crippen molar-refractivity contribution < 1.29 is 13.9 Å². The largest absolute Gasteiger partial charge is 0.494 e. The Hall–Kier alpha value is -2.07. The first-order valence-corrected chi connectivity index (χ1v) is 6.83. The smallest absolute Gasteiger partial charge is 0.154 e. The number of hydrogen-bond donors (Lipinski definition) is 1. The number of allylic oxidation sites excluding steroid dienone is 3. The SMILES string of the molecule is COC1=C(F)C(C=O)C(Cl)(c2c[nH]c3ccccc23)C=C1. The molecule has 0 spiro atoms. The summed E-state index contributed by atoms with van der Waals surface area (Å²) in [5.74, 6) is -1.75. The lowest BCUT2D eigenvalue weighted by Crippen LogP contribution is -2.32. The molecular weight excluding hydrogens is 293 g/mol. The topological polar surface area (TPSA) is 42.1 Å². The summed E-state index contributed by atoms with van der Waals surface area (Å²) in [4.78, 5) is 13.2. The number of H-pyrrole nitrogens is 1. The fraction of sp³-hybridized carbons (Fsp3) is 0.188. The molecule has 2 atom stereocenters. The van der Waals surface area contributed by atoms with E-state index in [0.717, 1.165) is 10.9 Å². The number of carbonyl (C=O) groups excluding carboxylic acids is 1. The minimum Gasteiger partial charge on any atom is -0.494 e. The monoisotopic (exact) mass is 305 g/mol. The molecule has 2 aromatic rings. The van der Waals surface area contributed by atoms with Gasteiger partial charge in [0.15, 0.2) is 11.6 Å². The molecule has 0 saturated carbocycles. The van der Waals surface area contributed by atoms with Gasteiger partial charge in [-0.1, -0.05) is 24.3 Å². The summed E-state index contributed by atoms with van der Waals surface area (Å²) in [5, 5.41) is 0.859. The normalized spacial score (nSPS) is 25.4. The highest BCUT2D eigenvalue weighted by Gasteiger charge is 2.44. The molecule has 1 heterocycles. The van der Waals surface area contributed by atoms with Gasteiger partial charge in [-0.05, 0) is 12.1 Å². The van der Waals surface area contributed by atoms with Crippen molar-refractivity contribution in [3.8, 4) is 0 Å². The Morgan fingerprint density at radius 3 is 2.90 bits per heavy atom. The molecule has 1 aromatic carbocycles. The van der Waals surface area contributed by atoms with Crippen molar-refractivity contribution in [1.29, 1.82) is 0 Å². The molecule has 0 radical (unpaired) electrons. The molecule has 21 heavy (non-hydrogen) atoms. The zero-order valence-corrected chi connectivity index (χ0v) is 12.0. The van der Waals surface area contributed by atoms with E-state index in [9.17, 15) is 9.18 Å². The second-order valence-electron chi connectivity index (χ2n) is 4.88. The molecule has 0 aliphatic heterocycles. The Morgan fingerprint density at radius 1 is 1.43 bits per heavy atom. The number of carbonyl (C=O) groups is 1. The third-order valence-corrected chi connectivity index (χ3v) is 4.36. The predicted octanol–water partition coefficient (Wildman–Crippen LogP) is 3.81. The van der Waals surface area contributed by atoms with Crippen molar-refractivity contribution in [2.75, 3.05) is 7.11 Å². The zero-order valence-electron chi connectivity index (χ0n) is 11.3. The quantitative estimate of drug-likeness (QED) is 0.692. The fourth-order valence-electron chi connectivity index (χ4n) is 2.69. The molecule has 108 valence electrons. The van der Waals surface area contributed by atoms with Crippen LogP contribution in [0.15, 0.2) is 54.2 Å². The van der Waals surface area contributed by atoms with Crippen LogP contribution in [-0.2, 0) is 14.4 Å². The number of aromatic amines is 1. The van der Waals surface area contributed by atoms with Crippen molar-refractivity contribution in [1.82, 2.24) is 4.98 Å². The van der Waals surface area contributed by atoms with Crippen LogP contribution in [0.3, 0.4) is 0 Å². The first-order chi connectivity index (χ1) is 10.1. The molecule has 3 nitrogen and oxygen atoms in total. The Morgan fingerprint density at radius 2 is 2.19 bits per heavy atom. The van der Waals surface area contributed by atoms with E-state index in [4.69, 9.17) is 16.3 Å². The van der Waals surface area contributed by atoms with E-state index in [2.05, 4.69) is 4.98 Å². The highest BCUT2D eigenvalue weighted by molar-refractivity contribution is 6.28. The van der Waals surface area contributed by atoms with Crippen LogP contribution in [0.4, 0.5) is 4.39 Å². The summed E-state index contributed by atoms with van der Waals surface area (Å²) in [7, 11) is 1.36. The maximum Gasteiger partial charge on any atom is 0.154 e. The van der Waals surface area contributed by atoms with Gasteiger partial charge in [-0.15, -0.1) is 11.6 Å². The van der Waals surface area contributed by atoms with E-state index in [1.165, 1.54) is 13.2 Å². The molecule has 1 N–H and O–H groups in total. The van der Waals surface area contributed by atoms with Crippen LogP contribution in [0, 0.1) is 5.92 Å². The van der Waals surface area contributed by atoms with Crippen LogP contribution in [0.1, 0.15) is 5.56 Å². The number of methoxy groups -OCH3 is 1. The van der Waals surface area contributed by atoms with E-state index in [1.54, 1.807) is 12.3 Å². The van der Waals surface area contributed by atoms with E-state index in [-0.39, 0.29) is 5.76 Å². The number of alkyl halides is 1. The highest BCUT2D eigenvalue weighted by atomic mass is 35.5. The van der Waals surface area contributed by atoms with Gasteiger partial charge in [0.1, 0.15) is 11.2 Å². The lowest BCUT2D eigenvalue weighted by molar-refractivity contribution is -0.111. The maximum absolute atomic E-state index is 14.4. The number of hydrogen-bond acceptors (Lipinski definition) is 2. The van der Waals surface area contributed by atoms with Crippen molar-refractivity contribution in [3.05, 3.63) is 59.8 Å². The standard InChI is InChI=1S/C16H13ClFNO2/c1-21-14-6-7-16(17,12(9-20)15(14)18)11-8-19-13-5-3-2-4-10(11)13/h2-9,12,19H,1H3. The van der Waals surface area contributed by atoms with Crippen molar-refractivity contribution >= 4 is 28.8 Å². The first kappa shape index (κ1) is 13.9. The van der Waals surface area contributed by atoms with Gasteiger partial charge in [-0.2, -0.15) is 0 Å². The van der Waals surface area contributed by atoms with Gasteiger partial charge in [0.25, 0.3) is 0 Å². The summed E-state index contributed by atoms with van der Waals surface area (Å²) >= 11 is 6.64. The van der Waals surface area contributed by atoms with Crippen molar-refractivity contribution in [2.24, 2.45) is 5.92 Å². The molecule has 3 rings (SSSR count). The van der Waals surface area contributed by atoms with Gasteiger partial charge in [0.2, 0.25) is 0 Å². The number of ether oxygens (including phenoxy) is 1. The van der Waals surface area contributed by atoms with Gasteiger partial charge in [-0.3, -0.25) is 0 Å². The molecule has 1 aliphatic carbocycles. The minimum absolute atomic E-state index is 0.0308. The van der Waals surface area contributed by atoms with Gasteiger partial charge >= 0.3 is 0 Å². The number of aromatic nitrogens is 1. The van der Waals surface area contributed by atoms with E-state index in [1.807, 2.05) is 24.3 Å². The van der Waals surface area contributed by atoms with Crippen LogP contribution in [-0.4, -0.2) is 18.4 Å². The van der Waals surface area contributed by atoms with Crippen LogP contribution in [0.25, 0.3) is 10.9 Å². The number of aldehydes is 1. The predicted molar refractivity (Wildman–Crippen MR) is 79.7 cm³/mol. The molecule has 1 aliphatic rings. The molecule has 0 saturated heterocycles. The van der Waals surface area contributed by atoms with Crippen molar-refractivity contribution in [2.45, 2.75) is 4.87 Å². The molecule has 5 heteroatoms. The average molecular weight is 306 g/mol. The molecule has 1 aromatic heterocycles. The van der Waals surface area contributed by atoms with Crippen LogP contribution in [0.5, 0.6) is 0 Å². The van der Waals surface area contributed by atoms with Gasteiger partial charge < -0.3 is 14.5 Å². The van der Waals surface area contributed by atoms with E-state index < -0.39 is 16.6 Å². The second kappa shape index (κ2) is 5.04. The summed E-state index contributed by atoms with van der Waals surface area (Å²) in [6.45, 7) is 0. The number of benzene rings is 1. The third-order valence-electron chi connectivity index (χ3n) is 3.80. The summed E-state index contributed by atoms with van der Waals surface area (Å²) in [6.07, 6.45) is 5.30. The Balaban J connectivity index is 2.19. The van der Waals surface area contributed by atoms with Gasteiger partial charge in [-0.25, -0.2) is 4.39 Å². The van der Waals surface area contributed by atoms with Crippen LogP contribution < -0.4 is 0 Å². The number of nitrogens with one attached hydrogen (secondary N) is 1. The third kappa shape index (κ3) is 1.98. The maximum atomic E-state index is 14.4. The summed E-state index contributed by atoms with van der Waals surface area (Å²) in [6, 6.07) is 7.54. The molecule has 0 bridgehead atoms. The van der Waals surface area contributed by atoms with Crippen LogP contribution >= 0.6 is 11.6 Å². The van der Waals surface area contributed by atoms with E-state index in [0.29, 0.717) is 11.8 Å². The van der Waals surface area contributed by atoms with Gasteiger partial charge in [0, 0.05) is 22.7 Å². The second-order valence-corrected chi connectivity index (χ2v) is 5.50. The number of fused-ring (bicyclic) bond motifs is 1. The van der Waals surface area contributed by atoms with Gasteiger partial charge in [0.05, 0.1) is 13.0 Å². The van der Waals surface area contributed by atoms with Crippen LogP contribution in [0.2, 0.25) is 0 Å². The highest BCUT2D eigenvalue weighted by Crippen LogP contribution is 2.47. The molecular formula is C16H13ClFNO2. The molecule has 0 fully saturated rings. The Kier molecular flexibility index (Phi) is 3.33. The molecule has 2 unspecified atom stereocenters. The lowest BCUT2D eigenvalue weighted by Gasteiger charge is -2.31.